The van der Waals surface area contributed by atoms with Gasteiger partial charge in [0.25, 0.3) is 0 Å². The molecule has 0 saturated carbocycles. The second-order valence-electron chi connectivity index (χ2n) is 4.08. The number of hydrogen-bond donors (Lipinski definition) is 0. The Labute approximate surface area is 79.0 Å². The van der Waals surface area contributed by atoms with Crippen LogP contribution in [0.15, 0.2) is 0 Å². The maximum Gasteiger partial charge on any atom is 0.201 e. The lowest BCUT2D eigenvalue weighted by Gasteiger charge is -2.21. The predicted octanol–water partition coefficient (Wildman–Crippen LogP) is 1.50. The van der Waals surface area contributed by atoms with Crippen LogP contribution < -0.4 is 0 Å². The van der Waals surface area contributed by atoms with Crippen LogP contribution in [0.4, 0.5) is 0 Å². The first-order valence-electron chi connectivity index (χ1n) is 4.47. The summed E-state index contributed by atoms with van der Waals surface area (Å²) in [7, 11) is 1.64. The second-order valence-corrected chi connectivity index (χ2v) is 4.08. The van der Waals surface area contributed by atoms with Crippen LogP contribution in [0.1, 0.15) is 27.2 Å². The zero-order valence-corrected chi connectivity index (χ0v) is 8.75. The molecular weight excluding hydrogens is 172 g/mol. The van der Waals surface area contributed by atoms with Gasteiger partial charge in [-0.25, -0.2) is 9.78 Å². The average Bonchev–Trinajstić information content (AvgIpc) is 2.27. The fraction of sp³-hybridized carbons (Fsp3) is 1.00. The van der Waals surface area contributed by atoms with Gasteiger partial charge in [-0.05, 0) is 20.8 Å². The van der Waals surface area contributed by atoms with Gasteiger partial charge in [-0.2, -0.15) is 0 Å². The number of ether oxygens (including phenoxy) is 2. The highest BCUT2D eigenvalue weighted by Crippen LogP contribution is 2.35. The third kappa shape index (κ3) is 3.23. The summed E-state index contributed by atoms with van der Waals surface area (Å²) in [5.74, 6) is -0.623. The van der Waals surface area contributed by atoms with Gasteiger partial charge in [0.15, 0.2) is 0 Å². The van der Waals surface area contributed by atoms with Crippen LogP contribution in [0.5, 0.6) is 0 Å². The van der Waals surface area contributed by atoms with Crippen molar-refractivity contribution in [2.45, 2.75) is 38.6 Å². The summed E-state index contributed by atoms with van der Waals surface area (Å²) in [4.78, 5) is 10.2. The summed E-state index contributed by atoms with van der Waals surface area (Å²) in [6, 6.07) is 0. The molecule has 0 radical (unpaired) electrons. The summed E-state index contributed by atoms with van der Waals surface area (Å²) < 4.78 is 10.4. The Morgan fingerprint density at radius 3 is 2.31 bits per heavy atom. The van der Waals surface area contributed by atoms with Gasteiger partial charge in [0, 0.05) is 13.5 Å². The summed E-state index contributed by atoms with van der Waals surface area (Å²) in [6.07, 6.45) is 0.726. The number of hydrogen-bond acceptors (Lipinski definition) is 4. The van der Waals surface area contributed by atoms with E-state index in [9.17, 15) is 0 Å². The van der Waals surface area contributed by atoms with E-state index in [-0.39, 0.29) is 5.60 Å². The van der Waals surface area contributed by atoms with Crippen molar-refractivity contribution in [2.75, 3.05) is 20.3 Å². The van der Waals surface area contributed by atoms with Gasteiger partial charge in [0.05, 0.1) is 13.2 Å². The topological polar surface area (TPSA) is 36.9 Å². The summed E-state index contributed by atoms with van der Waals surface area (Å²) >= 11 is 0. The molecule has 13 heavy (non-hydrogen) atoms. The van der Waals surface area contributed by atoms with Crippen LogP contribution in [0.25, 0.3) is 0 Å². The highest BCUT2D eigenvalue weighted by atomic mass is 17.2. The largest absolute Gasteiger partial charge is 0.382 e. The molecule has 1 saturated heterocycles. The molecule has 4 nitrogen and oxygen atoms in total. The van der Waals surface area contributed by atoms with E-state index < -0.39 is 5.79 Å². The third-order valence-corrected chi connectivity index (χ3v) is 1.89. The first kappa shape index (κ1) is 10.9. The molecule has 1 atom stereocenters. The Kier molecular flexibility index (Phi) is 3.29. The first-order chi connectivity index (χ1) is 5.97. The molecule has 1 fully saturated rings. The normalized spacial score (nSPS) is 32.3. The maximum atomic E-state index is 5.49. The Morgan fingerprint density at radius 2 is 1.85 bits per heavy atom. The van der Waals surface area contributed by atoms with Gasteiger partial charge in [0.1, 0.15) is 5.60 Å². The highest BCUT2D eigenvalue weighted by Gasteiger charge is 2.44. The van der Waals surface area contributed by atoms with E-state index >= 15 is 0 Å². The summed E-state index contributed by atoms with van der Waals surface area (Å²) in [5.41, 5.74) is -0.262. The van der Waals surface area contributed by atoms with E-state index in [2.05, 4.69) is 0 Å². The zero-order chi connectivity index (χ0) is 9.95. The van der Waals surface area contributed by atoms with Gasteiger partial charge in [-0.3, -0.25) is 0 Å². The van der Waals surface area contributed by atoms with Crippen LogP contribution >= 0.6 is 0 Å². The molecule has 1 aliphatic rings. The van der Waals surface area contributed by atoms with Crippen molar-refractivity contribution >= 4 is 0 Å². The van der Waals surface area contributed by atoms with Crippen molar-refractivity contribution in [3.63, 3.8) is 0 Å². The molecule has 0 bridgehead atoms. The third-order valence-electron chi connectivity index (χ3n) is 1.89. The van der Waals surface area contributed by atoms with Crippen LogP contribution in [-0.2, 0) is 19.2 Å². The van der Waals surface area contributed by atoms with E-state index in [0.29, 0.717) is 13.2 Å². The Morgan fingerprint density at radius 1 is 1.15 bits per heavy atom. The fourth-order valence-corrected chi connectivity index (χ4v) is 1.45. The molecule has 1 aliphatic heterocycles. The van der Waals surface area contributed by atoms with E-state index in [1.807, 2.05) is 20.8 Å². The molecule has 0 aromatic heterocycles. The van der Waals surface area contributed by atoms with Gasteiger partial charge in [0.2, 0.25) is 5.79 Å². The van der Waals surface area contributed by atoms with Crippen molar-refractivity contribution in [3.05, 3.63) is 0 Å². The fourth-order valence-electron chi connectivity index (χ4n) is 1.45. The lowest BCUT2D eigenvalue weighted by atomic mass is 10.0. The van der Waals surface area contributed by atoms with E-state index in [4.69, 9.17) is 19.2 Å². The minimum atomic E-state index is -0.623. The molecule has 0 aromatic rings. The van der Waals surface area contributed by atoms with Crippen LogP contribution in [-0.4, -0.2) is 31.7 Å². The van der Waals surface area contributed by atoms with Gasteiger partial charge in [-0.15, -0.1) is 0 Å². The number of methoxy groups -OCH3 is 1. The van der Waals surface area contributed by atoms with Crippen molar-refractivity contribution in [1.82, 2.24) is 0 Å². The minimum absolute atomic E-state index is 0.262. The van der Waals surface area contributed by atoms with Gasteiger partial charge >= 0.3 is 0 Å². The summed E-state index contributed by atoms with van der Waals surface area (Å²) in [6.45, 7) is 6.90. The molecule has 1 unspecified atom stereocenters. The molecule has 1 rings (SSSR count). The molecule has 0 N–H and O–H groups in total. The quantitative estimate of drug-likeness (QED) is 0.497. The van der Waals surface area contributed by atoms with E-state index in [1.54, 1.807) is 7.11 Å². The molecule has 4 heteroatoms. The number of rotatable bonds is 4. The van der Waals surface area contributed by atoms with Crippen LogP contribution in [0.3, 0.4) is 0 Å². The van der Waals surface area contributed by atoms with Crippen molar-refractivity contribution in [3.8, 4) is 0 Å². The smallest absolute Gasteiger partial charge is 0.201 e. The highest BCUT2D eigenvalue weighted by molar-refractivity contribution is 4.80. The van der Waals surface area contributed by atoms with Crippen molar-refractivity contribution < 1.29 is 19.2 Å². The molecule has 0 spiro atoms. The Balaban J connectivity index is 2.32. The Bertz CT molecular complexity index is 169. The SMILES string of the molecule is COCCOC1(C)CC(C)(C)OO1. The second kappa shape index (κ2) is 3.92. The zero-order valence-electron chi connectivity index (χ0n) is 8.75. The van der Waals surface area contributed by atoms with E-state index in [0.717, 1.165) is 6.42 Å². The molecule has 0 aliphatic carbocycles. The van der Waals surface area contributed by atoms with Crippen LogP contribution in [0.2, 0.25) is 0 Å². The Hall–Kier alpha value is -0.160. The summed E-state index contributed by atoms with van der Waals surface area (Å²) in [5, 5.41) is 0. The van der Waals surface area contributed by atoms with Gasteiger partial charge < -0.3 is 9.47 Å². The monoisotopic (exact) mass is 190 g/mol. The molecule has 1 heterocycles. The molecule has 0 amide bonds. The predicted molar refractivity (Wildman–Crippen MR) is 47.1 cm³/mol. The van der Waals surface area contributed by atoms with Crippen molar-refractivity contribution in [2.24, 2.45) is 0 Å². The van der Waals surface area contributed by atoms with Gasteiger partial charge in [-0.1, -0.05) is 0 Å². The standard InChI is InChI=1S/C9H18O4/c1-8(2)7-9(3,13-12-8)11-6-5-10-4/h5-7H2,1-4H3. The van der Waals surface area contributed by atoms with E-state index in [1.165, 1.54) is 0 Å². The lowest BCUT2D eigenvalue weighted by molar-refractivity contribution is -0.394. The molecular formula is C9H18O4. The van der Waals surface area contributed by atoms with Crippen LogP contribution in [0, 0.1) is 0 Å². The first-order valence-corrected chi connectivity index (χ1v) is 4.47. The molecule has 78 valence electrons. The molecule has 0 aromatic carbocycles. The minimum Gasteiger partial charge on any atom is -0.382 e. The average molecular weight is 190 g/mol. The lowest BCUT2D eigenvalue weighted by Crippen LogP contribution is -2.30. The van der Waals surface area contributed by atoms with Crippen molar-refractivity contribution in [1.29, 1.82) is 0 Å². The maximum absolute atomic E-state index is 5.49.